The Kier molecular flexibility index (Phi) is 5.94. The van der Waals surface area contributed by atoms with Crippen LogP contribution in [-0.4, -0.2) is 42.1 Å². The van der Waals surface area contributed by atoms with Gasteiger partial charge in [-0.1, -0.05) is 30.1 Å². The fourth-order valence-electron chi connectivity index (χ4n) is 2.38. The van der Waals surface area contributed by atoms with Crippen LogP contribution in [0.4, 0.5) is 10.6 Å². The summed E-state index contributed by atoms with van der Waals surface area (Å²) in [5.41, 5.74) is 0. The molecule has 2 rings (SSSR count). The standard InChI is InChI=1S/C14H20Cl2N4O/c1-10-3-2-6-20(9-10)14(21)18-5-4-17-13-12(16)7-11(15)8-19-13/h7-8,10H,2-6,9H2,1H3,(H,17,19)(H,18,21)/t10-/m1/s1. The maximum absolute atomic E-state index is 12.0. The molecule has 5 nitrogen and oxygen atoms in total. The third-order valence-corrected chi connectivity index (χ3v) is 3.94. The first kappa shape index (κ1) is 16.2. The van der Waals surface area contributed by atoms with Gasteiger partial charge in [0, 0.05) is 32.4 Å². The van der Waals surface area contributed by atoms with E-state index in [-0.39, 0.29) is 6.03 Å². The lowest BCUT2D eigenvalue weighted by Crippen LogP contribution is -2.46. The molecule has 116 valence electrons. The molecule has 0 saturated carbocycles. The highest BCUT2D eigenvalue weighted by atomic mass is 35.5. The number of pyridine rings is 1. The smallest absolute Gasteiger partial charge is 0.317 e. The minimum absolute atomic E-state index is 0.00138. The number of hydrogen-bond acceptors (Lipinski definition) is 3. The highest BCUT2D eigenvalue weighted by molar-refractivity contribution is 6.35. The number of amides is 2. The molecule has 1 aliphatic rings. The van der Waals surface area contributed by atoms with Crippen LogP contribution in [0.2, 0.25) is 10.0 Å². The molecule has 2 N–H and O–H groups in total. The summed E-state index contributed by atoms with van der Waals surface area (Å²) in [6.45, 7) is 4.93. The predicted molar refractivity (Wildman–Crippen MR) is 86.1 cm³/mol. The van der Waals surface area contributed by atoms with Gasteiger partial charge >= 0.3 is 6.03 Å². The second kappa shape index (κ2) is 7.71. The molecule has 2 amide bonds. The second-order valence-corrected chi connectivity index (χ2v) is 6.18. The summed E-state index contributed by atoms with van der Waals surface area (Å²) >= 11 is 11.8. The van der Waals surface area contributed by atoms with Gasteiger partial charge in [-0.15, -0.1) is 0 Å². The molecule has 0 radical (unpaired) electrons. The van der Waals surface area contributed by atoms with Crippen molar-refractivity contribution in [3.63, 3.8) is 0 Å². The van der Waals surface area contributed by atoms with E-state index in [0.717, 1.165) is 19.5 Å². The number of anilines is 1. The summed E-state index contributed by atoms with van der Waals surface area (Å²) in [6.07, 6.45) is 3.81. The Morgan fingerprint density at radius 3 is 3.00 bits per heavy atom. The van der Waals surface area contributed by atoms with E-state index >= 15 is 0 Å². The summed E-state index contributed by atoms with van der Waals surface area (Å²) in [5, 5.41) is 6.94. The second-order valence-electron chi connectivity index (χ2n) is 5.34. The SMILES string of the molecule is C[C@@H]1CCCN(C(=O)NCCNc2ncc(Cl)cc2Cl)C1. The van der Waals surface area contributed by atoms with Crippen molar-refractivity contribution in [3.8, 4) is 0 Å². The monoisotopic (exact) mass is 330 g/mol. The van der Waals surface area contributed by atoms with Crippen molar-refractivity contribution >= 4 is 35.1 Å². The van der Waals surface area contributed by atoms with Crippen LogP contribution in [0.25, 0.3) is 0 Å². The predicted octanol–water partition coefficient (Wildman–Crippen LogP) is 3.24. The summed E-state index contributed by atoms with van der Waals surface area (Å²) in [5.74, 6) is 1.15. The fraction of sp³-hybridized carbons (Fsp3) is 0.571. The van der Waals surface area contributed by atoms with E-state index in [2.05, 4.69) is 22.5 Å². The Labute approximate surface area is 135 Å². The molecule has 21 heavy (non-hydrogen) atoms. The van der Waals surface area contributed by atoms with Crippen molar-refractivity contribution in [1.82, 2.24) is 15.2 Å². The first-order chi connectivity index (χ1) is 10.1. The third kappa shape index (κ3) is 4.93. The van der Waals surface area contributed by atoms with Crippen LogP contribution in [0.1, 0.15) is 19.8 Å². The maximum atomic E-state index is 12.0. The van der Waals surface area contributed by atoms with Crippen molar-refractivity contribution in [2.45, 2.75) is 19.8 Å². The van der Waals surface area contributed by atoms with E-state index in [4.69, 9.17) is 23.2 Å². The van der Waals surface area contributed by atoms with Gasteiger partial charge < -0.3 is 15.5 Å². The molecule has 7 heteroatoms. The highest BCUT2D eigenvalue weighted by Gasteiger charge is 2.20. The molecule has 1 aromatic heterocycles. The van der Waals surface area contributed by atoms with E-state index in [1.54, 1.807) is 6.07 Å². The molecule has 0 unspecified atom stereocenters. The number of rotatable bonds is 4. The molecule has 0 aromatic carbocycles. The summed E-state index contributed by atoms with van der Waals surface area (Å²) < 4.78 is 0. The average molecular weight is 331 g/mol. The molecule has 1 fully saturated rings. The number of carbonyl (C=O) groups excluding carboxylic acids is 1. The number of piperidine rings is 1. The lowest BCUT2D eigenvalue weighted by Gasteiger charge is -2.30. The van der Waals surface area contributed by atoms with Crippen LogP contribution in [0.5, 0.6) is 0 Å². The van der Waals surface area contributed by atoms with Gasteiger partial charge in [0.1, 0.15) is 5.82 Å². The van der Waals surface area contributed by atoms with Crippen LogP contribution in [0.3, 0.4) is 0 Å². The van der Waals surface area contributed by atoms with Gasteiger partial charge in [0.15, 0.2) is 0 Å². The van der Waals surface area contributed by atoms with Crippen molar-refractivity contribution in [2.24, 2.45) is 5.92 Å². The van der Waals surface area contributed by atoms with Gasteiger partial charge in [0.25, 0.3) is 0 Å². The summed E-state index contributed by atoms with van der Waals surface area (Å²) in [7, 11) is 0. The van der Waals surface area contributed by atoms with Gasteiger partial charge in [-0.05, 0) is 24.8 Å². The van der Waals surface area contributed by atoms with Crippen LogP contribution < -0.4 is 10.6 Å². The number of aromatic nitrogens is 1. The van der Waals surface area contributed by atoms with Gasteiger partial charge in [-0.2, -0.15) is 0 Å². The number of nitrogens with zero attached hydrogens (tertiary/aromatic N) is 2. The average Bonchev–Trinajstić information content (AvgIpc) is 2.45. The molecule has 0 aliphatic carbocycles. The lowest BCUT2D eigenvalue weighted by atomic mass is 10.0. The number of hydrogen-bond donors (Lipinski definition) is 2. The molecular weight excluding hydrogens is 311 g/mol. The number of carbonyl (C=O) groups is 1. The van der Waals surface area contributed by atoms with Crippen LogP contribution in [-0.2, 0) is 0 Å². The zero-order valence-electron chi connectivity index (χ0n) is 12.0. The van der Waals surface area contributed by atoms with Gasteiger partial charge in [0.05, 0.1) is 10.0 Å². The zero-order valence-corrected chi connectivity index (χ0v) is 13.5. The van der Waals surface area contributed by atoms with E-state index < -0.39 is 0 Å². The van der Waals surface area contributed by atoms with Crippen LogP contribution >= 0.6 is 23.2 Å². The Balaban J connectivity index is 1.70. The van der Waals surface area contributed by atoms with Crippen LogP contribution in [0, 0.1) is 5.92 Å². The number of urea groups is 1. The lowest BCUT2D eigenvalue weighted by molar-refractivity contribution is 0.170. The fourth-order valence-corrected chi connectivity index (χ4v) is 2.83. The summed E-state index contributed by atoms with van der Waals surface area (Å²) in [6, 6.07) is 1.63. The van der Waals surface area contributed by atoms with E-state index in [1.807, 2.05) is 4.90 Å². The Morgan fingerprint density at radius 2 is 2.29 bits per heavy atom. The highest BCUT2D eigenvalue weighted by Crippen LogP contribution is 2.22. The zero-order chi connectivity index (χ0) is 15.2. The first-order valence-corrected chi connectivity index (χ1v) is 7.89. The minimum atomic E-state index is -0.00138. The quantitative estimate of drug-likeness (QED) is 0.833. The minimum Gasteiger partial charge on any atom is -0.367 e. The number of nitrogens with one attached hydrogen (secondary N) is 2. The van der Waals surface area contributed by atoms with Crippen LogP contribution in [0.15, 0.2) is 12.3 Å². The Morgan fingerprint density at radius 1 is 1.48 bits per heavy atom. The number of halogens is 2. The normalized spacial score (nSPS) is 18.4. The Bertz CT molecular complexity index is 498. The molecule has 1 atom stereocenters. The molecule has 1 aromatic rings. The maximum Gasteiger partial charge on any atom is 0.317 e. The van der Waals surface area contributed by atoms with Gasteiger partial charge in [0.2, 0.25) is 0 Å². The van der Waals surface area contributed by atoms with E-state index in [9.17, 15) is 4.79 Å². The van der Waals surface area contributed by atoms with E-state index in [0.29, 0.717) is 34.9 Å². The molecule has 1 aliphatic heterocycles. The molecular formula is C14H20Cl2N4O. The van der Waals surface area contributed by atoms with Crippen molar-refractivity contribution in [3.05, 3.63) is 22.3 Å². The van der Waals surface area contributed by atoms with Gasteiger partial charge in [-0.3, -0.25) is 0 Å². The first-order valence-electron chi connectivity index (χ1n) is 7.14. The van der Waals surface area contributed by atoms with E-state index in [1.165, 1.54) is 12.6 Å². The summed E-state index contributed by atoms with van der Waals surface area (Å²) in [4.78, 5) is 18.0. The van der Waals surface area contributed by atoms with Crippen molar-refractivity contribution in [2.75, 3.05) is 31.5 Å². The molecule has 1 saturated heterocycles. The molecule has 2 heterocycles. The molecule has 0 spiro atoms. The third-order valence-electron chi connectivity index (χ3n) is 3.45. The van der Waals surface area contributed by atoms with Crippen molar-refractivity contribution < 1.29 is 4.79 Å². The molecule has 0 bridgehead atoms. The topological polar surface area (TPSA) is 57.3 Å². The largest absolute Gasteiger partial charge is 0.367 e. The van der Waals surface area contributed by atoms with Crippen molar-refractivity contribution in [1.29, 1.82) is 0 Å². The van der Waals surface area contributed by atoms with Gasteiger partial charge in [-0.25, -0.2) is 9.78 Å². The number of likely N-dealkylation sites (tertiary alicyclic amines) is 1. The Hall–Kier alpha value is -1.20.